The zero-order chi connectivity index (χ0) is 18.3. The van der Waals surface area contributed by atoms with E-state index in [9.17, 15) is 4.79 Å². The van der Waals surface area contributed by atoms with Crippen LogP contribution in [-0.2, 0) is 0 Å². The Hall–Kier alpha value is -3.12. The number of benzene rings is 2. The SMILES string of the molecule is COc1ccc2[nH]c3c(C(=O)NCCN)c4ccncc4c(C)c3c2c1. The Bertz CT molecular complexity index is 1150. The number of H-pyrrole nitrogens is 1. The van der Waals surface area contributed by atoms with Gasteiger partial charge in [0, 0.05) is 47.2 Å². The number of aromatic amines is 1. The number of nitrogens with zero attached hydrogens (tertiary/aromatic N) is 1. The van der Waals surface area contributed by atoms with E-state index in [0.717, 1.165) is 43.9 Å². The van der Waals surface area contributed by atoms with Crippen LogP contribution in [-0.4, -0.2) is 36.1 Å². The van der Waals surface area contributed by atoms with E-state index >= 15 is 0 Å². The summed E-state index contributed by atoms with van der Waals surface area (Å²) in [6, 6.07) is 7.75. The first-order valence-electron chi connectivity index (χ1n) is 8.49. The molecule has 0 spiro atoms. The molecule has 4 aromatic rings. The highest BCUT2D eigenvalue weighted by Crippen LogP contribution is 2.37. The molecule has 0 aliphatic rings. The van der Waals surface area contributed by atoms with Crippen molar-refractivity contribution in [3.8, 4) is 5.75 Å². The van der Waals surface area contributed by atoms with Gasteiger partial charge in [-0.15, -0.1) is 0 Å². The maximum atomic E-state index is 12.9. The Kier molecular flexibility index (Phi) is 3.97. The first-order valence-corrected chi connectivity index (χ1v) is 8.49. The smallest absolute Gasteiger partial charge is 0.254 e. The van der Waals surface area contributed by atoms with Crippen molar-refractivity contribution >= 4 is 38.5 Å². The predicted molar refractivity (Wildman–Crippen MR) is 104 cm³/mol. The molecule has 0 atom stereocenters. The third kappa shape index (κ3) is 2.38. The van der Waals surface area contributed by atoms with Crippen molar-refractivity contribution < 1.29 is 9.53 Å². The fourth-order valence-electron chi connectivity index (χ4n) is 3.57. The third-order valence-electron chi connectivity index (χ3n) is 4.78. The van der Waals surface area contributed by atoms with Crippen LogP contribution < -0.4 is 15.8 Å². The van der Waals surface area contributed by atoms with E-state index in [1.54, 1.807) is 13.3 Å². The molecule has 6 heteroatoms. The summed E-state index contributed by atoms with van der Waals surface area (Å²) in [7, 11) is 1.65. The molecule has 0 saturated heterocycles. The van der Waals surface area contributed by atoms with Crippen LogP contribution in [0.1, 0.15) is 15.9 Å². The Labute approximate surface area is 150 Å². The zero-order valence-electron chi connectivity index (χ0n) is 14.7. The fourth-order valence-corrected chi connectivity index (χ4v) is 3.57. The van der Waals surface area contributed by atoms with Crippen molar-refractivity contribution in [2.45, 2.75) is 6.92 Å². The van der Waals surface area contributed by atoms with Crippen molar-refractivity contribution in [3.63, 3.8) is 0 Å². The number of nitrogens with two attached hydrogens (primary N) is 1. The summed E-state index contributed by atoms with van der Waals surface area (Å²) < 4.78 is 5.38. The number of amides is 1. The highest BCUT2D eigenvalue weighted by atomic mass is 16.5. The van der Waals surface area contributed by atoms with Crippen LogP contribution in [0.3, 0.4) is 0 Å². The maximum Gasteiger partial charge on any atom is 0.254 e. The van der Waals surface area contributed by atoms with Crippen molar-refractivity contribution in [2.75, 3.05) is 20.2 Å². The number of hydrogen-bond acceptors (Lipinski definition) is 4. The highest BCUT2D eigenvalue weighted by molar-refractivity contribution is 6.24. The average molecular weight is 348 g/mol. The molecule has 132 valence electrons. The number of ether oxygens (including phenoxy) is 1. The molecular formula is C20H20N4O2. The molecule has 0 saturated carbocycles. The lowest BCUT2D eigenvalue weighted by Crippen LogP contribution is -2.29. The number of pyridine rings is 1. The van der Waals surface area contributed by atoms with Crippen molar-refractivity contribution in [1.29, 1.82) is 0 Å². The first kappa shape index (κ1) is 16.4. The molecule has 4 N–H and O–H groups in total. The van der Waals surface area contributed by atoms with E-state index in [1.807, 2.05) is 30.5 Å². The molecule has 2 aromatic heterocycles. The summed E-state index contributed by atoms with van der Waals surface area (Å²) in [5.41, 5.74) is 9.03. The number of aromatic nitrogens is 2. The molecule has 4 rings (SSSR count). The summed E-state index contributed by atoms with van der Waals surface area (Å²) in [6.07, 6.45) is 3.52. The standard InChI is InChI=1S/C20H20N4O2/c1-11-15-10-22-7-5-13(15)18(20(25)23-8-6-21)19-17(11)14-9-12(26-2)3-4-16(14)24-19/h3-5,7,9-10,24H,6,8,21H2,1-2H3,(H,23,25). The van der Waals surface area contributed by atoms with Crippen LogP contribution in [0.15, 0.2) is 36.7 Å². The predicted octanol–water partition coefficient (Wildman–Crippen LogP) is 2.87. The van der Waals surface area contributed by atoms with E-state index in [4.69, 9.17) is 10.5 Å². The van der Waals surface area contributed by atoms with E-state index in [1.165, 1.54) is 0 Å². The maximum absolute atomic E-state index is 12.9. The lowest BCUT2D eigenvalue weighted by Gasteiger charge is -2.12. The fraction of sp³-hybridized carbons (Fsp3) is 0.200. The minimum absolute atomic E-state index is 0.143. The minimum atomic E-state index is -0.143. The number of rotatable bonds is 4. The summed E-state index contributed by atoms with van der Waals surface area (Å²) >= 11 is 0. The Morgan fingerprint density at radius 2 is 2.12 bits per heavy atom. The second kappa shape index (κ2) is 6.31. The van der Waals surface area contributed by atoms with Gasteiger partial charge in [-0.05, 0) is 42.1 Å². The van der Waals surface area contributed by atoms with Crippen molar-refractivity contribution in [3.05, 3.63) is 47.8 Å². The Balaban J connectivity index is 2.15. The molecule has 0 fully saturated rings. The number of nitrogens with one attached hydrogen (secondary N) is 2. The normalized spacial score (nSPS) is 11.3. The van der Waals surface area contributed by atoms with Gasteiger partial charge in [0.05, 0.1) is 18.2 Å². The Morgan fingerprint density at radius 1 is 1.27 bits per heavy atom. The molecule has 0 bridgehead atoms. The molecule has 1 amide bonds. The molecule has 2 heterocycles. The number of carbonyl (C=O) groups excluding carboxylic acids is 1. The third-order valence-corrected chi connectivity index (χ3v) is 4.78. The second-order valence-electron chi connectivity index (χ2n) is 6.25. The van der Waals surface area contributed by atoms with Gasteiger partial charge in [0.2, 0.25) is 0 Å². The summed E-state index contributed by atoms with van der Waals surface area (Å²) in [5, 5.41) is 6.76. The van der Waals surface area contributed by atoms with E-state index in [-0.39, 0.29) is 5.91 Å². The molecular weight excluding hydrogens is 328 g/mol. The zero-order valence-corrected chi connectivity index (χ0v) is 14.7. The number of methoxy groups -OCH3 is 1. The van der Waals surface area contributed by atoms with Gasteiger partial charge in [0.15, 0.2) is 0 Å². The molecule has 0 aliphatic heterocycles. The second-order valence-corrected chi connectivity index (χ2v) is 6.25. The van der Waals surface area contributed by atoms with Crippen LogP contribution in [0.2, 0.25) is 0 Å². The van der Waals surface area contributed by atoms with Gasteiger partial charge in [-0.2, -0.15) is 0 Å². The molecule has 6 nitrogen and oxygen atoms in total. The van der Waals surface area contributed by atoms with Crippen LogP contribution >= 0.6 is 0 Å². The summed E-state index contributed by atoms with van der Waals surface area (Å²) in [5.74, 6) is 0.633. The van der Waals surface area contributed by atoms with Gasteiger partial charge >= 0.3 is 0 Å². The van der Waals surface area contributed by atoms with E-state index < -0.39 is 0 Å². The summed E-state index contributed by atoms with van der Waals surface area (Å²) in [6.45, 7) is 2.87. The molecule has 0 radical (unpaired) electrons. The topological polar surface area (TPSA) is 93.0 Å². The number of carbonyl (C=O) groups is 1. The lowest BCUT2D eigenvalue weighted by molar-refractivity contribution is 0.0958. The van der Waals surface area contributed by atoms with E-state index in [0.29, 0.717) is 18.7 Å². The highest BCUT2D eigenvalue weighted by Gasteiger charge is 2.20. The molecule has 26 heavy (non-hydrogen) atoms. The van der Waals surface area contributed by atoms with Crippen LogP contribution in [0.5, 0.6) is 5.75 Å². The van der Waals surface area contributed by atoms with Crippen molar-refractivity contribution in [1.82, 2.24) is 15.3 Å². The van der Waals surface area contributed by atoms with Crippen LogP contribution in [0.4, 0.5) is 0 Å². The largest absolute Gasteiger partial charge is 0.497 e. The Morgan fingerprint density at radius 3 is 2.88 bits per heavy atom. The minimum Gasteiger partial charge on any atom is -0.497 e. The van der Waals surface area contributed by atoms with Gasteiger partial charge in [0.25, 0.3) is 5.91 Å². The lowest BCUT2D eigenvalue weighted by atomic mass is 9.95. The van der Waals surface area contributed by atoms with Gasteiger partial charge < -0.3 is 20.8 Å². The number of fused-ring (bicyclic) bond motifs is 4. The van der Waals surface area contributed by atoms with Gasteiger partial charge in [-0.1, -0.05) is 0 Å². The monoisotopic (exact) mass is 348 g/mol. The van der Waals surface area contributed by atoms with E-state index in [2.05, 4.69) is 22.2 Å². The molecule has 0 unspecified atom stereocenters. The van der Waals surface area contributed by atoms with Gasteiger partial charge in [-0.3, -0.25) is 9.78 Å². The first-order chi connectivity index (χ1) is 12.7. The quantitative estimate of drug-likeness (QED) is 0.529. The summed E-state index contributed by atoms with van der Waals surface area (Å²) in [4.78, 5) is 20.6. The van der Waals surface area contributed by atoms with Gasteiger partial charge in [0.1, 0.15) is 5.75 Å². The van der Waals surface area contributed by atoms with Crippen molar-refractivity contribution in [2.24, 2.45) is 5.73 Å². The molecule has 2 aromatic carbocycles. The average Bonchev–Trinajstić information content (AvgIpc) is 3.04. The number of hydrogen-bond donors (Lipinski definition) is 3. The van der Waals surface area contributed by atoms with Crippen LogP contribution in [0.25, 0.3) is 32.6 Å². The van der Waals surface area contributed by atoms with Crippen LogP contribution in [0, 0.1) is 6.92 Å². The molecule has 0 aliphatic carbocycles. The number of aryl methyl sites for hydroxylation is 1. The van der Waals surface area contributed by atoms with Gasteiger partial charge in [-0.25, -0.2) is 0 Å².